The average Bonchev–Trinajstić information content (AvgIpc) is 1.68. The Morgan fingerprint density at radius 3 is 2.57 bits per heavy atom. The number of halogens is 1. The zero-order valence-electron chi connectivity index (χ0n) is 4.11. The molecule has 7 heavy (non-hydrogen) atoms. The predicted octanol–water partition coefficient (Wildman–Crippen LogP) is 1.37. The molecule has 0 aromatic heterocycles. The molecule has 0 fully saturated rings. The van der Waals surface area contributed by atoms with Crippen molar-refractivity contribution < 1.29 is 4.21 Å². The van der Waals surface area contributed by atoms with Gasteiger partial charge < -0.3 is 0 Å². The van der Waals surface area contributed by atoms with Crippen LogP contribution >= 0.6 is 11.6 Å². The van der Waals surface area contributed by atoms with Crippen molar-refractivity contribution in [1.82, 2.24) is 0 Å². The lowest BCUT2D eigenvalue weighted by Crippen LogP contribution is -1.81. The molecular formula is C4H7ClOS. The van der Waals surface area contributed by atoms with Crippen LogP contribution in [-0.4, -0.2) is 8.53 Å². The number of hydrogen-bond donors (Lipinski definition) is 0. The maximum Gasteiger partial charge on any atom is 0.111 e. The van der Waals surface area contributed by atoms with Gasteiger partial charge in [-0.15, -0.1) is 0 Å². The van der Waals surface area contributed by atoms with Crippen LogP contribution in [0.4, 0.5) is 0 Å². The topological polar surface area (TPSA) is 17.1 Å². The van der Waals surface area contributed by atoms with Crippen molar-refractivity contribution >= 4 is 27.2 Å². The molecule has 0 unspecified atom stereocenters. The second-order valence-corrected chi connectivity index (χ2v) is 2.53. The maximum absolute atomic E-state index is 9.77. The molecule has 0 aromatic rings. The largest absolute Gasteiger partial charge is 0.211 e. The summed E-state index contributed by atoms with van der Waals surface area (Å²) in [6, 6.07) is 0. The Hall–Kier alpha value is 0.180. The van der Waals surface area contributed by atoms with Crippen molar-refractivity contribution in [3.8, 4) is 0 Å². The molecule has 0 aliphatic heterocycles. The second kappa shape index (κ2) is 4.34. The third kappa shape index (κ3) is 4.02. The van der Waals surface area contributed by atoms with Gasteiger partial charge in [0.05, 0.1) is 0 Å². The van der Waals surface area contributed by atoms with Gasteiger partial charge in [-0.25, -0.2) is 4.21 Å². The molecule has 0 bridgehead atoms. The molecule has 0 saturated heterocycles. The molecule has 0 aliphatic rings. The molecule has 0 amide bonds. The van der Waals surface area contributed by atoms with Crippen LogP contribution in [0.5, 0.6) is 0 Å². The molecule has 3 heteroatoms. The van der Waals surface area contributed by atoms with Gasteiger partial charge in [0, 0.05) is 0 Å². The normalized spacial score (nSPS) is 8.29. The Balaban J connectivity index is 3.37. The second-order valence-electron chi connectivity index (χ2n) is 1.19. The van der Waals surface area contributed by atoms with E-state index >= 15 is 0 Å². The van der Waals surface area contributed by atoms with Crippen molar-refractivity contribution in [3.63, 3.8) is 0 Å². The Kier molecular flexibility index (Phi) is 4.45. The molecule has 0 spiro atoms. The Morgan fingerprint density at radius 1 is 1.86 bits per heavy atom. The predicted molar refractivity (Wildman–Crippen MR) is 33.9 cm³/mol. The molecule has 0 aliphatic carbocycles. The highest BCUT2D eigenvalue weighted by molar-refractivity contribution is 7.70. The Morgan fingerprint density at radius 2 is 2.43 bits per heavy atom. The fraction of sp³-hybridized carbons (Fsp3) is 0.750. The maximum atomic E-state index is 9.77. The summed E-state index contributed by atoms with van der Waals surface area (Å²) in [5.74, 6) is 0. The highest BCUT2D eigenvalue weighted by Gasteiger charge is 1.85. The van der Waals surface area contributed by atoms with Gasteiger partial charge >= 0.3 is 0 Å². The fourth-order valence-corrected chi connectivity index (χ4v) is 0.715. The Labute approximate surface area is 51.7 Å². The molecule has 0 N–H and O–H groups in total. The lowest BCUT2D eigenvalue weighted by Gasteiger charge is -1.81. The minimum absolute atomic E-state index is 0.381. The monoisotopic (exact) mass is 138 g/mol. The standard InChI is InChI=1S/C4H7ClOS/c1-2-3-4(5)7-6/h2-3H2,1H3. The van der Waals surface area contributed by atoms with Crippen LogP contribution < -0.4 is 0 Å². The summed E-state index contributed by atoms with van der Waals surface area (Å²) in [4.78, 5) is 0. The molecule has 0 aromatic carbocycles. The van der Waals surface area contributed by atoms with E-state index in [1.807, 2.05) is 6.92 Å². The summed E-state index contributed by atoms with van der Waals surface area (Å²) in [6.07, 6.45) is 1.68. The van der Waals surface area contributed by atoms with Crippen LogP contribution in [-0.2, 0) is 11.3 Å². The van der Waals surface area contributed by atoms with Crippen molar-refractivity contribution in [2.24, 2.45) is 0 Å². The van der Waals surface area contributed by atoms with E-state index in [2.05, 4.69) is 0 Å². The van der Waals surface area contributed by atoms with E-state index in [0.717, 1.165) is 12.8 Å². The summed E-state index contributed by atoms with van der Waals surface area (Å²) < 4.78 is 10.2. The van der Waals surface area contributed by atoms with E-state index < -0.39 is 0 Å². The van der Waals surface area contributed by atoms with Gasteiger partial charge in [0.2, 0.25) is 0 Å². The van der Waals surface area contributed by atoms with Gasteiger partial charge in [-0.1, -0.05) is 24.9 Å². The van der Waals surface area contributed by atoms with Gasteiger partial charge in [-0.2, -0.15) is 0 Å². The summed E-state index contributed by atoms with van der Waals surface area (Å²) in [5, 5.41) is 0. The summed E-state index contributed by atoms with van der Waals surface area (Å²) >= 11 is 5.71. The lowest BCUT2D eigenvalue weighted by molar-refractivity contribution is 0.701. The van der Waals surface area contributed by atoms with E-state index in [4.69, 9.17) is 11.6 Å². The van der Waals surface area contributed by atoms with Gasteiger partial charge in [0.25, 0.3) is 0 Å². The first-order valence-corrected chi connectivity index (χ1v) is 3.24. The van der Waals surface area contributed by atoms with Gasteiger partial charge in [0.15, 0.2) is 0 Å². The van der Waals surface area contributed by atoms with E-state index in [1.165, 1.54) is 0 Å². The minimum Gasteiger partial charge on any atom is -0.211 e. The zero-order chi connectivity index (χ0) is 5.70. The van der Waals surface area contributed by atoms with Crippen molar-refractivity contribution in [2.75, 3.05) is 0 Å². The minimum atomic E-state index is 0.381. The highest BCUT2D eigenvalue weighted by Crippen LogP contribution is 1.91. The van der Waals surface area contributed by atoms with Crippen molar-refractivity contribution in [2.45, 2.75) is 19.8 Å². The zero-order valence-corrected chi connectivity index (χ0v) is 5.68. The van der Waals surface area contributed by atoms with Crippen molar-refractivity contribution in [3.05, 3.63) is 0 Å². The van der Waals surface area contributed by atoms with Gasteiger partial charge in [-0.05, 0) is 6.42 Å². The first-order valence-electron chi connectivity index (χ1n) is 2.12. The molecule has 1 nitrogen and oxygen atoms in total. The van der Waals surface area contributed by atoms with E-state index in [9.17, 15) is 4.21 Å². The van der Waals surface area contributed by atoms with Crippen LogP contribution in [0.3, 0.4) is 0 Å². The molecular weight excluding hydrogens is 132 g/mol. The molecule has 0 heterocycles. The van der Waals surface area contributed by atoms with Crippen molar-refractivity contribution in [1.29, 1.82) is 0 Å². The smallest absolute Gasteiger partial charge is 0.111 e. The van der Waals surface area contributed by atoms with Gasteiger partial charge in [-0.3, -0.25) is 0 Å². The van der Waals surface area contributed by atoms with E-state index in [-0.39, 0.29) is 0 Å². The summed E-state index contributed by atoms with van der Waals surface area (Å²) in [7, 11) is 0. The summed E-state index contributed by atoms with van der Waals surface area (Å²) in [5.41, 5.74) is 0. The lowest BCUT2D eigenvalue weighted by atomic mass is 10.4. The first-order chi connectivity index (χ1) is 3.31. The fourth-order valence-electron chi connectivity index (χ4n) is 0.238. The quantitative estimate of drug-likeness (QED) is 0.416. The summed E-state index contributed by atoms with van der Waals surface area (Å²) in [6.45, 7) is 1.98. The molecule has 42 valence electrons. The van der Waals surface area contributed by atoms with Gasteiger partial charge in [0.1, 0.15) is 15.6 Å². The van der Waals surface area contributed by atoms with Crippen LogP contribution in [0.25, 0.3) is 0 Å². The molecule has 0 saturated carbocycles. The number of rotatable bonds is 2. The van der Waals surface area contributed by atoms with Crippen LogP contribution in [0, 0.1) is 0 Å². The third-order valence-corrected chi connectivity index (χ3v) is 1.30. The first kappa shape index (κ1) is 7.18. The molecule has 0 radical (unpaired) electrons. The van der Waals surface area contributed by atoms with Crippen LogP contribution in [0.1, 0.15) is 19.8 Å². The van der Waals surface area contributed by atoms with E-state index in [0.29, 0.717) is 15.6 Å². The van der Waals surface area contributed by atoms with Crippen LogP contribution in [0.15, 0.2) is 0 Å². The highest BCUT2D eigenvalue weighted by atomic mass is 35.5. The van der Waals surface area contributed by atoms with Crippen LogP contribution in [0.2, 0.25) is 0 Å². The number of hydrogen-bond acceptors (Lipinski definition) is 1. The molecule has 0 atom stereocenters. The molecule has 0 rings (SSSR count). The van der Waals surface area contributed by atoms with E-state index in [1.54, 1.807) is 0 Å². The third-order valence-electron chi connectivity index (χ3n) is 0.537. The average molecular weight is 139 g/mol. The Bertz CT molecular complexity index is 95.9. The SMILES string of the molecule is CCCC(Cl)=S=O.